The Morgan fingerprint density at radius 3 is 2.38 bits per heavy atom. The molecule has 0 fully saturated rings. The molecule has 1 aromatic heterocycles. The lowest BCUT2D eigenvalue weighted by Crippen LogP contribution is -2.36. The summed E-state index contributed by atoms with van der Waals surface area (Å²) in [5.74, 6) is -2.16. The average Bonchev–Trinajstić information content (AvgIpc) is 2.43. The lowest BCUT2D eigenvalue weighted by Gasteiger charge is -2.29. The van der Waals surface area contributed by atoms with Crippen molar-refractivity contribution in [2.45, 2.75) is 26.7 Å². The fraction of sp³-hybridized carbons (Fsp3) is 0.400. The van der Waals surface area contributed by atoms with Crippen LogP contribution in [0.5, 0.6) is 0 Å². The number of hydrogen-bond donors (Lipinski definition) is 2. The Hall–Kier alpha value is -1.88. The number of carboxylic acids is 1. The summed E-state index contributed by atoms with van der Waals surface area (Å²) in [7, 11) is 0. The van der Waals surface area contributed by atoms with Crippen LogP contribution in [0.15, 0.2) is 29.5 Å². The van der Waals surface area contributed by atoms with Gasteiger partial charge in [-0.25, -0.2) is 4.98 Å². The highest BCUT2D eigenvalue weighted by Crippen LogP contribution is 2.34. The Morgan fingerprint density at radius 2 is 1.86 bits per heavy atom. The lowest BCUT2D eigenvalue weighted by atomic mass is 9.76. The number of carbonyl (C=O) groups is 2. The first-order chi connectivity index (χ1) is 9.88. The summed E-state index contributed by atoms with van der Waals surface area (Å²) in [6.45, 7) is 3.86. The third-order valence-corrected chi connectivity index (χ3v) is 4.12. The van der Waals surface area contributed by atoms with Gasteiger partial charge in [-0.3, -0.25) is 9.59 Å². The number of pyridine rings is 1. The fourth-order valence-electron chi connectivity index (χ4n) is 2.50. The molecule has 0 aliphatic heterocycles. The predicted molar refractivity (Wildman–Crippen MR) is 80.1 cm³/mol. The smallest absolute Gasteiger partial charge is 0.307 e. The van der Waals surface area contributed by atoms with Crippen LogP contribution in [0.3, 0.4) is 0 Å². The number of carboxylic acid groups (broad SMARTS) is 1. The first kappa shape index (κ1) is 15.5. The van der Waals surface area contributed by atoms with Gasteiger partial charge in [-0.1, -0.05) is 22.7 Å². The zero-order chi connectivity index (χ0) is 15.6. The Kier molecular flexibility index (Phi) is 4.63. The second-order valence-corrected chi connectivity index (χ2v) is 5.81. The van der Waals surface area contributed by atoms with Crippen molar-refractivity contribution in [3.8, 4) is 0 Å². The zero-order valence-electron chi connectivity index (χ0n) is 11.9. The van der Waals surface area contributed by atoms with E-state index in [4.69, 9.17) is 11.6 Å². The number of halogens is 1. The first-order valence-electron chi connectivity index (χ1n) is 6.69. The zero-order valence-corrected chi connectivity index (χ0v) is 12.6. The van der Waals surface area contributed by atoms with Gasteiger partial charge in [-0.2, -0.15) is 0 Å². The largest absolute Gasteiger partial charge is 0.481 e. The second kappa shape index (κ2) is 6.26. The molecule has 0 aromatic carbocycles. The number of rotatable bonds is 3. The summed E-state index contributed by atoms with van der Waals surface area (Å²) >= 11 is 5.74. The van der Waals surface area contributed by atoms with Gasteiger partial charge in [0.25, 0.3) is 0 Å². The standard InChI is InChI=1S/C15H17ClN2O3/c1-8-5-11(12(15(20)21)6-9(8)2)14(19)18-13-4-3-10(16)7-17-13/h3-4,7,11-12H,5-6H2,1-2H3,(H,20,21)(H,17,18,19)/t11-,12+/m0/s1. The van der Waals surface area contributed by atoms with Crippen molar-refractivity contribution in [2.24, 2.45) is 11.8 Å². The summed E-state index contributed by atoms with van der Waals surface area (Å²) in [4.78, 5) is 27.7. The number of nitrogens with zero attached hydrogens (tertiary/aromatic N) is 1. The third-order valence-electron chi connectivity index (χ3n) is 3.90. The van der Waals surface area contributed by atoms with E-state index in [9.17, 15) is 14.7 Å². The van der Waals surface area contributed by atoms with Crippen molar-refractivity contribution in [3.05, 3.63) is 34.5 Å². The van der Waals surface area contributed by atoms with Crippen LogP contribution in [0.4, 0.5) is 5.82 Å². The number of nitrogens with one attached hydrogen (secondary N) is 1. The fourth-order valence-corrected chi connectivity index (χ4v) is 2.61. The minimum atomic E-state index is -0.939. The van der Waals surface area contributed by atoms with Crippen LogP contribution in [-0.4, -0.2) is 22.0 Å². The SMILES string of the molecule is CC1=C(C)C[C@@H](C(=O)O)[C@@H](C(=O)Nc2ccc(Cl)cn2)C1. The average molecular weight is 309 g/mol. The first-order valence-corrected chi connectivity index (χ1v) is 7.06. The van der Waals surface area contributed by atoms with Crippen LogP contribution in [0.2, 0.25) is 5.02 Å². The van der Waals surface area contributed by atoms with Crippen LogP contribution in [0, 0.1) is 11.8 Å². The molecule has 0 saturated carbocycles. The van der Waals surface area contributed by atoms with Crippen molar-refractivity contribution in [1.29, 1.82) is 0 Å². The van der Waals surface area contributed by atoms with Crippen molar-refractivity contribution >= 4 is 29.3 Å². The van der Waals surface area contributed by atoms with Gasteiger partial charge >= 0.3 is 5.97 Å². The summed E-state index contributed by atoms with van der Waals surface area (Å²) in [5.41, 5.74) is 2.13. The van der Waals surface area contributed by atoms with E-state index in [2.05, 4.69) is 10.3 Å². The molecule has 0 radical (unpaired) electrons. The number of allylic oxidation sites excluding steroid dienone is 2. The highest BCUT2D eigenvalue weighted by atomic mass is 35.5. The molecule has 2 N–H and O–H groups in total. The van der Waals surface area contributed by atoms with Crippen LogP contribution in [0.1, 0.15) is 26.7 Å². The van der Waals surface area contributed by atoms with Gasteiger partial charge in [0, 0.05) is 6.20 Å². The van der Waals surface area contributed by atoms with Gasteiger partial charge in [-0.05, 0) is 38.8 Å². The number of amides is 1. The van der Waals surface area contributed by atoms with Gasteiger partial charge in [0.15, 0.2) is 0 Å². The van der Waals surface area contributed by atoms with E-state index in [1.807, 2.05) is 13.8 Å². The van der Waals surface area contributed by atoms with E-state index in [-0.39, 0.29) is 5.91 Å². The Morgan fingerprint density at radius 1 is 1.24 bits per heavy atom. The van der Waals surface area contributed by atoms with Crippen LogP contribution >= 0.6 is 11.6 Å². The van der Waals surface area contributed by atoms with E-state index in [1.165, 1.54) is 6.20 Å². The van der Waals surface area contributed by atoms with E-state index in [1.54, 1.807) is 12.1 Å². The predicted octanol–water partition coefficient (Wildman–Crippen LogP) is 3.12. The van der Waals surface area contributed by atoms with Crippen molar-refractivity contribution < 1.29 is 14.7 Å². The molecular formula is C15H17ClN2O3. The van der Waals surface area contributed by atoms with Gasteiger partial charge < -0.3 is 10.4 Å². The molecule has 2 rings (SSSR count). The van der Waals surface area contributed by atoms with Crippen LogP contribution in [0.25, 0.3) is 0 Å². The molecule has 0 spiro atoms. The van der Waals surface area contributed by atoms with E-state index >= 15 is 0 Å². The minimum absolute atomic E-state index is 0.316. The molecule has 0 saturated heterocycles. The number of carbonyl (C=O) groups excluding carboxylic acids is 1. The van der Waals surface area contributed by atoms with E-state index < -0.39 is 17.8 Å². The van der Waals surface area contributed by atoms with Crippen molar-refractivity contribution in [1.82, 2.24) is 4.98 Å². The maximum Gasteiger partial charge on any atom is 0.307 e. The minimum Gasteiger partial charge on any atom is -0.481 e. The number of anilines is 1. The Balaban J connectivity index is 2.16. The van der Waals surface area contributed by atoms with Crippen molar-refractivity contribution in [2.75, 3.05) is 5.32 Å². The molecule has 1 heterocycles. The van der Waals surface area contributed by atoms with E-state index in [0.717, 1.165) is 11.1 Å². The molecule has 112 valence electrons. The molecule has 0 bridgehead atoms. The van der Waals surface area contributed by atoms with Gasteiger partial charge in [0.05, 0.1) is 16.9 Å². The second-order valence-electron chi connectivity index (χ2n) is 5.37. The summed E-state index contributed by atoms with van der Waals surface area (Å²) in [6, 6.07) is 3.21. The third kappa shape index (κ3) is 3.61. The van der Waals surface area contributed by atoms with Gasteiger partial charge in [0.2, 0.25) is 5.91 Å². The van der Waals surface area contributed by atoms with Crippen LogP contribution in [-0.2, 0) is 9.59 Å². The molecule has 2 atom stereocenters. The molecule has 1 aromatic rings. The quantitative estimate of drug-likeness (QED) is 0.841. The number of hydrogen-bond acceptors (Lipinski definition) is 3. The monoisotopic (exact) mass is 308 g/mol. The number of aliphatic carboxylic acids is 1. The molecule has 5 nitrogen and oxygen atoms in total. The molecule has 1 aliphatic carbocycles. The molecular weight excluding hydrogens is 292 g/mol. The molecule has 1 aliphatic rings. The molecule has 6 heteroatoms. The number of aromatic nitrogens is 1. The highest BCUT2D eigenvalue weighted by molar-refractivity contribution is 6.30. The van der Waals surface area contributed by atoms with Crippen LogP contribution < -0.4 is 5.32 Å². The van der Waals surface area contributed by atoms with Crippen molar-refractivity contribution in [3.63, 3.8) is 0 Å². The lowest BCUT2D eigenvalue weighted by molar-refractivity contribution is -0.146. The summed E-state index contributed by atoms with van der Waals surface area (Å²) < 4.78 is 0. The molecule has 0 unspecified atom stereocenters. The topological polar surface area (TPSA) is 79.3 Å². The Labute approximate surface area is 128 Å². The van der Waals surface area contributed by atoms with E-state index in [0.29, 0.717) is 23.7 Å². The normalized spacial score (nSPS) is 22.0. The van der Waals surface area contributed by atoms with Gasteiger partial charge in [0.1, 0.15) is 5.82 Å². The maximum absolute atomic E-state index is 12.3. The molecule has 1 amide bonds. The summed E-state index contributed by atoms with van der Waals surface area (Å²) in [5, 5.41) is 12.5. The summed E-state index contributed by atoms with van der Waals surface area (Å²) in [6.07, 6.45) is 2.30. The maximum atomic E-state index is 12.3. The van der Waals surface area contributed by atoms with Gasteiger partial charge in [-0.15, -0.1) is 0 Å². The molecule has 21 heavy (non-hydrogen) atoms. The highest BCUT2D eigenvalue weighted by Gasteiger charge is 2.37. The Bertz CT molecular complexity index is 595.